The molecule has 6 heteroatoms. The van der Waals surface area contributed by atoms with Gasteiger partial charge in [-0.05, 0) is 25.0 Å². The number of amides is 2. The third-order valence-electron chi connectivity index (χ3n) is 2.95. The number of nitrogens with one attached hydrogen (secondary N) is 1. The Morgan fingerprint density at radius 3 is 2.89 bits per heavy atom. The van der Waals surface area contributed by atoms with Gasteiger partial charge in [0.1, 0.15) is 6.04 Å². The zero-order valence-electron chi connectivity index (χ0n) is 10.4. The quantitative estimate of drug-likeness (QED) is 0.731. The lowest BCUT2D eigenvalue weighted by Gasteiger charge is -2.34. The molecule has 1 saturated heterocycles. The van der Waals surface area contributed by atoms with Crippen LogP contribution < -0.4 is 16.0 Å². The van der Waals surface area contributed by atoms with Crippen LogP contribution in [0.2, 0.25) is 0 Å². The summed E-state index contributed by atoms with van der Waals surface area (Å²) < 4.78 is 0. The monoisotopic (exact) mass is 248 g/mol. The zero-order chi connectivity index (χ0) is 13.3. The molecule has 1 aromatic heterocycles. The minimum absolute atomic E-state index is 0.102. The number of hydrogen-bond donors (Lipinski definition) is 2. The van der Waals surface area contributed by atoms with Crippen molar-refractivity contribution >= 4 is 23.3 Å². The summed E-state index contributed by atoms with van der Waals surface area (Å²) in [7, 11) is 0. The first-order valence-electron chi connectivity index (χ1n) is 5.85. The van der Waals surface area contributed by atoms with Gasteiger partial charge in [0.25, 0.3) is 0 Å². The molecule has 0 aromatic carbocycles. The first-order chi connectivity index (χ1) is 8.52. The fourth-order valence-electron chi connectivity index (χ4n) is 2.12. The second kappa shape index (κ2) is 4.64. The number of rotatable bonds is 2. The Morgan fingerprint density at radius 2 is 2.28 bits per heavy atom. The summed E-state index contributed by atoms with van der Waals surface area (Å²) in [6, 6.07) is 1.38. The summed E-state index contributed by atoms with van der Waals surface area (Å²) in [5, 5.41) is 2.32. The van der Waals surface area contributed by atoms with Gasteiger partial charge < -0.3 is 10.6 Å². The van der Waals surface area contributed by atoms with E-state index in [0.29, 0.717) is 17.9 Å². The molecule has 0 bridgehead atoms. The lowest BCUT2D eigenvalue weighted by Crippen LogP contribution is -2.58. The van der Waals surface area contributed by atoms with Crippen LogP contribution in [0.3, 0.4) is 0 Å². The van der Waals surface area contributed by atoms with Gasteiger partial charge in [-0.25, -0.2) is 4.98 Å². The van der Waals surface area contributed by atoms with Crippen LogP contribution in [0.1, 0.15) is 18.9 Å². The van der Waals surface area contributed by atoms with Crippen molar-refractivity contribution in [2.75, 3.05) is 17.2 Å². The molecule has 96 valence electrons. The smallest absolute Gasteiger partial charge is 0.249 e. The van der Waals surface area contributed by atoms with Crippen molar-refractivity contribution < 1.29 is 9.59 Å². The van der Waals surface area contributed by atoms with E-state index in [1.165, 1.54) is 0 Å². The van der Waals surface area contributed by atoms with Gasteiger partial charge in [0.05, 0.1) is 12.2 Å². The lowest BCUT2D eigenvalue weighted by molar-refractivity contribution is -0.132. The first-order valence-corrected chi connectivity index (χ1v) is 5.85. The van der Waals surface area contributed by atoms with Gasteiger partial charge >= 0.3 is 0 Å². The van der Waals surface area contributed by atoms with E-state index in [1.807, 2.05) is 13.8 Å². The number of nitrogen functional groups attached to an aromatic ring is 1. The maximum absolute atomic E-state index is 11.8. The molecule has 6 nitrogen and oxygen atoms in total. The Morgan fingerprint density at radius 1 is 1.56 bits per heavy atom. The molecule has 1 fully saturated rings. The number of imide groups is 1. The van der Waals surface area contributed by atoms with Gasteiger partial charge in [0, 0.05) is 6.20 Å². The highest BCUT2D eigenvalue weighted by atomic mass is 16.2. The predicted molar refractivity (Wildman–Crippen MR) is 68.0 cm³/mol. The summed E-state index contributed by atoms with van der Waals surface area (Å²) in [6.45, 7) is 3.88. The molecule has 0 aliphatic carbocycles. The SMILES string of the molecule is CCC1C(=O)NC(=O)CN1c1ncc(C)cc1N. The van der Waals surface area contributed by atoms with Gasteiger partial charge in [-0.2, -0.15) is 0 Å². The molecular weight excluding hydrogens is 232 g/mol. The summed E-state index contributed by atoms with van der Waals surface area (Å²) in [5.74, 6) is -0.127. The maximum Gasteiger partial charge on any atom is 0.249 e. The molecule has 2 amide bonds. The predicted octanol–water partition coefficient (Wildman–Crippen LogP) is 0.214. The molecule has 2 rings (SSSR count). The van der Waals surface area contributed by atoms with Crippen LogP contribution in [0.5, 0.6) is 0 Å². The second-order valence-electron chi connectivity index (χ2n) is 4.39. The number of aryl methyl sites for hydroxylation is 1. The van der Waals surface area contributed by atoms with Crippen molar-refractivity contribution in [3.05, 3.63) is 17.8 Å². The third kappa shape index (κ3) is 2.13. The molecule has 18 heavy (non-hydrogen) atoms. The summed E-state index contributed by atoms with van der Waals surface area (Å²) >= 11 is 0. The van der Waals surface area contributed by atoms with Crippen molar-refractivity contribution in [1.82, 2.24) is 10.3 Å². The van der Waals surface area contributed by atoms with Crippen LogP contribution in [0.25, 0.3) is 0 Å². The fraction of sp³-hybridized carbons (Fsp3) is 0.417. The van der Waals surface area contributed by atoms with Crippen LogP contribution in [0.15, 0.2) is 12.3 Å². The topological polar surface area (TPSA) is 88.3 Å². The Hall–Kier alpha value is -2.11. The largest absolute Gasteiger partial charge is 0.396 e. The number of hydrogen-bond acceptors (Lipinski definition) is 5. The number of anilines is 2. The van der Waals surface area contributed by atoms with Gasteiger partial charge in [-0.1, -0.05) is 6.92 Å². The van der Waals surface area contributed by atoms with E-state index in [9.17, 15) is 9.59 Å². The number of carbonyl (C=O) groups excluding carboxylic acids is 2. The number of nitrogens with two attached hydrogens (primary N) is 1. The molecule has 1 unspecified atom stereocenters. The Balaban J connectivity index is 2.39. The highest BCUT2D eigenvalue weighted by Crippen LogP contribution is 2.25. The van der Waals surface area contributed by atoms with E-state index in [-0.39, 0.29) is 18.4 Å². The van der Waals surface area contributed by atoms with Crippen LogP contribution in [-0.4, -0.2) is 29.4 Å². The van der Waals surface area contributed by atoms with Gasteiger partial charge in [-0.15, -0.1) is 0 Å². The van der Waals surface area contributed by atoms with Crippen LogP contribution in [0.4, 0.5) is 11.5 Å². The van der Waals surface area contributed by atoms with E-state index >= 15 is 0 Å². The highest BCUT2D eigenvalue weighted by molar-refractivity contribution is 6.04. The molecule has 2 heterocycles. The molecule has 1 atom stereocenters. The molecular formula is C12H16N4O2. The van der Waals surface area contributed by atoms with E-state index in [4.69, 9.17) is 5.73 Å². The number of piperazine rings is 1. The van der Waals surface area contributed by atoms with Crippen molar-refractivity contribution in [1.29, 1.82) is 0 Å². The summed E-state index contributed by atoms with van der Waals surface area (Å²) in [6.07, 6.45) is 2.27. The standard InChI is InChI=1S/C12H16N4O2/c1-3-9-12(18)15-10(17)6-16(9)11-8(13)4-7(2)5-14-11/h4-5,9H,3,6,13H2,1-2H3,(H,15,17,18). The average Bonchev–Trinajstić information content (AvgIpc) is 2.28. The van der Waals surface area contributed by atoms with Gasteiger partial charge in [-0.3, -0.25) is 14.9 Å². The average molecular weight is 248 g/mol. The Labute approximate surface area is 105 Å². The van der Waals surface area contributed by atoms with Gasteiger partial charge in [0.15, 0.2) is 5.82 Å². The van der Waals surface area contributed by atoms with E-state index in [0.717, 1.165) is 5.56 Å². The Kier molecular flexibility index (Phi) is 3.18. The maximum atomic E-state index is 11.8. The summed E-state index contributed by atoms with van der Waals surface area (Å²) in [4.78, 5) is 29.1. The fourth-order valence-corrected chi connectivity index (χ4v) is 2.12. The zero-order valence-corrected chi connectivity index (χ0v) is 10.4. The number of pyridine rings is 1. The minimum atomic E-state index is -0.403. The van der Waals surface area contributed by atoms with Crippen molar-refractivity contribution in [2.45, 2.75) is 26.3 Å². The van der Waals surface area contributed by atoms with Crippen LogP contribution in [-0.2, 0) is 9.59 Å². The van der Waals surface area contributed by atoms with E-state index in [1.54, 1.807) is 17.2 Å². The van der Waals surface area contributed by atoms with E-state index in [2.05, 4.69) is 10.3 Å². The molecule has 3 N–H and O–H groups in total. The number of carbonyl (C=O) groups is 2. The summed E-state index contributed by atoms with van der Waals surface area (Å²) in [5.41, 5.74) is 7.34. The van der Waals surface area contributed by atoms with Crippen molar-refractivity contribution in [3.63, 3.8) is 0 Å². The molecule has 1 aliphatic heterocycles. The van der Waals surface area contributed by atoms with E-state index < -0.39 is 6.04 Å². The molecule has 1 aliphatic rings. The molecule has 0 spiro atoms. The normalized spacial score (nSPS) is 19.9. The lowest BCUT2D eigenvalue weighted by atomic mass is 10.1. The van der Waals surface area contributed by atoms with Crippen LogP contribution in [0, 0.1) is 6.92 Å². The van der Waals surface area contributed by atoms with Crippen LogP contribution >= 0.6 is 0 Å². The van der Waals surface area contributed by atoms with Crippen molar-refractivity contribution in [2.24, 2.45) is 0 Å². The molecule has 0 radical (unpaired) electrons. The minimum Gasteiger partial charge on any atom is -0.396 e. The second-order valence-corrected chi connectivity index (χ2v) is 4.39. The first kappa shape index (κ1) is 12.3. The third-order valence-corrected chi connectivity index (χ3v) is 2.95. The molecule has 1 aromatic rings. The number of aromatic nitrogens is 1. The van der Waals surface area contributed by atoms with Crippen molar-refractivity contribution in [3.8, 4) is 0 Å². The Bertz CT molecular complexity index is 501. The van der Waals surface area contributed by atoms with Gasteiger partial charge in [0.2, 0.25) is 11.8 Å². The highest BCUT2D eigenvalue weighted by Gasteiger charge is 2.34. The molecule has 0 saturated carbocycles. The number of nitrogens with zero attached hydrogens (tertiary/aromatic N) is 2.